The van der Waals surface area contributed by atoms with E-state index in [0.29, 0.717) is 5.57 Å². The minimum absolute atomic E-state index is 0.105. The summed E-state index contributed by atoms with van der Waals surface area (Å²) in [5.74, 6) is -4.40. The second-order valence-electron chi connectivity index (χ2n) is 4.72. The van der Waals surface area contributed by atoms with Crippen LogP contribution in [0, 0.1) is 17.8 Å². The van der Waals surface area contributed by atoms with Crippen LogP contribution in [-0.4, -0.2) is 23.9 Å². The highest BCUT2D eigenvalue weighted by Gasteiger charge is 2.49. The first-order valence-electron chi connectivity index (χ1n) is 6.12. The van der Waals surface area contributed by atoms with Gasteiger partial charge in [0.25, 0.3) is 0 Å². The van der Waals surface area contributed by atoms with Crippen LogP contribution >= 0.6 is 0 Å². The molecule has 0 radical (unpaired) electrons. The molecule has 1 aliphatic heterocycles. The number of hydrogen-bond donors (Lipinski definition) is 0. The lowest BCUT2D eigenvalue weighted by Crippen LogP contribution is -2.31. The monoisotopic (exact) mass is 266 g/mol. The van der Waals surface area contributed by atoms with Crippen LogP contribution in [0.25, 0.3) is 0 Å². The Morgan fingerprint density at radius 3 is 2.68 bits per heavy atom. The Morgan fingerprint density at radius 2 is 2.05 bits per heavy atom. The average molecular weight is 266 g/mol. The Balaban J connectivity index is 2.16. The van der Waals surface area contributed by atoms with Gasteiger partial charge < -0.3 is 9.47 Å². The Labute approximate surface area is 109 Å². The first kappa shape index (κ1) is 13.5. The van der Waals surface area contributed by atoms with Gasteiger partial charge in [-0.3, -0.25) is 19.2 Å². The smallest absolute Gasteiger partial charge is 0.321 e. The van der Waals surface area contributed by atoms with Crippen molar-refractivity contribution < 1.29 is 28.7 Å². The van der Waals surface area contributed by atoms with Gasteiger partial charge in [0.2, 0.25) is 0 Å². The van der Waals surface area contributed by atoms with Gasteiger partial charge >= 0.3 is 23.9 Å². The van der Waals surface area contributed by atoms with Gasteiger partial charge in [0, 0.05) is 6.42 Å². The van der Waals surface area contributed by atoms with E-state index in [0.717, 1.165) is 0 Å². The summed E-state index contributed by atoms with van der Waals surface area (Å²) in [6.45, 7) is 3.25. The molecule has 102 valence electrons. The first-order chi connectivity index (χ1) is 8.93. The third kappa shape index (κ3) is 2.43. The fraction of sp³-hybridized carbons (Fsp3) is 0.538. The predicted molar refractivity (Wildman–Crippen MR) is 61.3 cm³/mol. The van der Waals surface area contributed by atoms with Crippen LogP contribution in [0.15, 0.2) is 11.6 Å². The lowest BCUT2D eigenvalue weighted by molar-refractivity contribution is -0.162. The van der Waals surface area contributed by atoms with E-state index in [1.165, 1.54) is 0 Å². The molecule has 3 unspecified atom stereocenters. The predicted octanol–water partition coefficient (Wildman–Crippen LogP) is 0.748. The molecule has 2 rings (SSSR count). The number of ether oxygens (including phenoxy) is 2. The third-order valence-corrected chi connectivity index (χ3v) is 3.43. The lowest BCUT2D eigenvalue weighted by Gasteiger charge is -2.24. The molecule has 2 aliphatic rings. The van der Waals surface area contributed by atoms with Crippen molar-refractivity contribution in [2.75, 3.05) is 0 Å². The quantitative estimate of drug-likeness (QED) is 0.416. The highest BCUT2D eigenvalue weighted by Crippen LogP contribution is 2.39. The molecule has 0 bridgehead atoms. The van der Waals surface area contributed by atoms with Crippen LogP contribution in [0.4, 0.5) is 0 Å². The van der Waals surface area contributed by atoms with E-state index in [-0.39, 0.29) is 12.8 Å². The van der Waals surface area contributed by atoms with Gasteiger partial charge in [0.15, 0.2) is 0 Å². The molecule has 0 aromatic carbocycles. The highest BCUT2D eigenvalue weighted by molar-refractivity contribution is 5.99. The molecular weight excluding hydrogens is 252 g/mol. The summed E-state index contributed by atoms with van der Waals surface area (Å²) in [4.78, 5) is 45.8. The molecule has 6 heteroatoms. The maximum atomic E-state index is 11.8. The summed E-state index contributed by atoms with van der Waals surface area (Å²) in [7, 11) is 0. The highest BCUT2D eigenvalue weighted by atomic mass is 16.6. The van der Waals surface area contributed by atoms with E-state index in [9.17, 15) is 19.2 Å². The Bertz CT molecular complexity index is 489. The molecular formula is C13H14O6. The van der Waals surface area contributed by atoms with Crippen molar-refractivity contribution in [3.8, 4) is 0 Å². The standard InChI is InChI=1S/C13H14O6/c1-3-9(14)18-11(15)7-4-6(2)10-8(5-7)12(16)19-13(10)17/h4,7-8,10H,3,5H2,1-2H3. The number of carbonyl (C=O) groups excluding carboxylic acids is 4. The molecule has 6 nitrogen and oxygen atoms in total. The number of cyclic esters (lactones) is 2. The molecule has 1 aliphatic carbocycles. The maximum absolute atomic E-state index is 11.8. The van der Waals surface area contributed by atoms with E-state index < -0.39 is 41.6 Å². The molecule has 0 amide bonds. The van der Waals surface area contributed by atoms with E-state index in [4.69, 9.17) is 0 Å². The SMILES string of the molecule is CCC(=O)OC(=O)C1C=C(C)C2C(=O)OC(=O)C2C1. The molecule has 1 saturated heterocycles. The molecule has 0 N–H and O–H groups in total. The number of rotatable bonds is 2. The fourth-order valence-corrected chi connectivity index (χ4v) is 2.46. The van der Waals surface area contributed by atoms with Crippen LogP contribution in [-0.2, 0) is 28.7 Å². The molecule has 0 saturated carbocycles. The minimum Gasteiger partial charge on any atom is -0.393 e. The van der Waals surface area contributed by atoms with E-state index >= 15 is 0 Å². The number of esters is 4. The fourth-order valence-electron chi connectivity index (χ4n) is 2.46. The van der Waals surface area contributed by atoms with Gasteiger partial charge in [-0.1, -0.05) is 18.6 Å². The van der Waals surface area contributed by atoms with Crippen LogP contribution in [0.3, 0.4) is 0 Å². The van der Waals surface area contributed by atoms with Crippen molar-refractivity contribution >= 4 is 23.9 Å². The zero-order valence-electron chi connectivity index (χ0n) is 10.7. The summed E-state index contributed by atoms with van der Waals surface area (Å²) in [6.07, 6.45) is 1.82. The van der Waals surface area contributed by atoms with Crippen LogP contribution in [0.5, 0.6) is 0 Å². The Morgan fingerprint density at radius 1 is 1.37 bits per heavy atom. The van der Waals surface area contributed by atoms with E-state index in [1.54, 1.807) is 19.9 Å². The molecule has 0 aromatic rings. The largest absolute Gasteiger partial charge is 0.393 e. The average Bonchev–Trinajstić information content (AvgIpc) is 2.64. The molecule has 1 heterocycles. The summed E-state index contributed by atoms with van der Waals surface area (Å²) >= 11 is 0. The Hall–Kier alpha value is -1.98. The summed E-state index contributed by atoms with van der Waals surface area (Å²) in [6, 6.07) is 0. The molecule has 0 spiro atoms. The molecule has 3 atom stereocenters. The van der Waals surface area contributed by atoms with Gasteiger partial charge in [0.1, 0.15) is 0 Å². The molecule has 0 aromatic heterocycles. The normalized spacial score (nSPS) is 29.4. The van der Waals surface area contributed by atoms with E-state index in [2.05, 4.69) is 9.47 Å². The first-order valence-corrected chi connectivity index (χ1v) is 6.12. The van der Waals surface area contributed by atoms with Gasteiger partial charge in [-0.2, -0.15) is 0 Å². The zero-order valence-corrected chi connectivity index (χ0v) is 10.7. The third-order valence-electron chi connectivity index (χ3n) is 3.43. The van der Waals surface area contributed by atoms with E-state index in [1.807, 2.05) is 0 Å². The second kappa shape index (κ2) is 4.95. The van der Waals surface area contributed by atoms with Gasteiger partial charge in [-0.15, -0.1) is 0 Å². The Kier molecular flexibility index (Phi) is 3.50. The number of carbonyl (C=O) groups is 4. The van der Waals surface area contributed by atoms with Crippen molar-refractivity contribution in [2.24, 2.45) is 17.8 Å². The van der Waals surface area contributed by atoms with Crippen LogP contribution in [0.1, 0.15) is 26.7 Å². The minimum atomic E-state index is -0.685. The molecule has 19 heavy (non-hydrogen) atoms. The summed E-state index contributed by atoms with van der Waals surface area (Å²) < 4.78 is 9.21. The van der Waals surface area contributed by atoms with Crippen molar-refractivity contribution in [3.63, 3.8) is 0 Å². The summed E-state index contributed by atoms with van der Waals surface area (Å²) in [5, 5.41) is 0. The molecule has 1 fully saturated rings. The van der Waals surface area contributed by atoms with Crippen molar-refractivity contribution in [1.29, 1.82) is 0 Å². The van der Waals surface area contributed by atoms with Crippen LogP contribution in [0.2, 0.25) is 0 Å². The topological polar surface area (TPSA) is 86.7 Å². The van der Waals surface area contributed by atoms with Crippen molar-refractivity contribution in [2.45, 2.75) is 26.7 Å². The van der Waals surface area contributed by atoms with Crippen LogP contribution < -0.4 is 0 Å². The van der Waals surface area contributed by atoms with Crippen molar-refractivity contribution in [3.05, 3.63) is 11.6 Å². The second-order valence-corrected chi connectivity index (χ2v) is 4.72. The summed E-state index contributed by atoms with van der Waals surface area (Å²) in [5.41, 5.74) is 0.609. The lowest BCUT2D eigenvalue weighted by atomic mass is 9.76. The number of fused-ring (bicyclic) bond motifs is 1. The van der Waals surface area contributed by atoms with Gasteiger partial charge in [-0.05, 0) is 13.3 Å². The van der Waals surface area contributed by atoms with Gasteiger partial charge in [0.05, 0.1) is 17.8 Å². The van der Waals surface area contributed by atoms with Gasteiger partial charge in [-0.25, -0.2) is 0 Å². The zero-order chi connectivity index (χ0) is 14.2. The van der Waals surface area contributed by atoms with Crippen molar-refractivity contribution in [1.82, 2.24) is 0 Å². The maximum Gasteiger partial charge on any atom is 0.321 e. The number of hydrogen-bond acceptors (Lipinski definition) is 6.